The molecule has 196 valence electrons. The molecule has 4 heteroatoms. The molecular weight excluding hydrogens is 748 g/mol. The van der Waals surface area contributed by atoms with Gasteiger partial charge in [-0.15, -0.1) is 0 Å². The molecule has 0 nitrogen and oxygen atoms in total. The van der Waals surface area contributed by atoms with E-state index in [1.807, 2.05) is 0 Å². The van der Waals surface area contributed by atoms with E-state index >= 15 is 0 Å². The van der Waals surface area contributed by atoms with Crippen molar-refractivity contribution in [1.29, 1.82) is 0 Å². The fraction of sp³-hybridized carbons (Fsp3) is 0. The monoisotopic (exact) mass is 778 g/mol. The largest absolute Gasteiger partial charge is 0.173 e. The molecule has 0 atom stereocenters. The molecule has 0 aliphatic carbocycles. The summed E-state index contributed by atoms with van der Waals surface area (Å²) >= 11 is 5.37. The van der Waals surface area contributed by atoms with Crippen LogP contribution in [0, 0.1) is 0 Å². The van der Waals surface area contributed by atoms with Gasteiger partial charge >= 0.3 is 0 Å². The molecule has 0 bridgehead atoms. The van der Waals surface area contributed by atoms with Crippen LogP contribution in [0.4, 0.5) is 0 Å². The second-order valence-corrected chi connectivity index (χ2v) is 23.3. The average Bonchev–Trinajstić information content (AvgIpc) is 3.07. The maximum Gasteiger partial charge on any atom is 0.173 e. The number of hydrogen-bond acceptors (Lipinski definition) is 0. The smallest absolute Gasteiger partial charge is 0.0620 e. The van der Waals surface area contributed by atoms with Gasteiger partial charge in [0.25, 0.3) is 0 Å². The van der Waals surface area contributed by atoms with Gasteiger partial charge in [-0.05, 0) is 72.8 Å². The van der Waals surface area contributed by atoms with Gasteiger partial charge in [0, 0.05) is 0 Å². The molecule has 6 aromatic carbocycles. The van der Waals surface area contributed by atoms with Crippen molar-refractivity contribution in [3.63, 3.8) is 0 Å². The Morgan fingerprint density at radius 2 is 0.350 bits per heavy atom. The summed E-state index contributed by atoms with van der Waals surface area (Å²) in [6, 6.07) is 65.1. The fourth-order valence-corrected chi connectivity index (χ4v) is 15.8. The minimum Gasteiger partial charge on any atom is -0.0620 e. The first-order valence-corrected chi connectivity index (χ1v) is 22.3. The minimum atomic E-state index is -1.56. The maximum absolute atomic E-state index is 2.68. The van der Waals surface area contributed by atoms with E-state index in [1.165, 1.54) is 31.8 Å². The molecule has 0 N–H and O–H groups in total. The molecule has 0 heterocycles. The highest BCUT2D eigenvalue weighted by atomic mass is 127. The normalized spacial score (nSPS) is 11.2. The lowest BCUT2D eigenvalue weighted by atomic mass is 10.4. The molecule has 6 aromatic rings. The average molecular weight is 778 g/mol. The fourth-order valence-electron chi connectivity index (χ4n) is 4.69. The van der Waals surface area contributed by atoms with Crippen molar-refractivity contribution in [1.82, 2.24) is 0 Å². The Kier molecular flexibility index (Phi) is 10.2. The van der Waals surface area contributed by atoms with Crippen molar-refractivity contribution in [2.24, 2.45) is 0 Å². The van der Waals surface area contributed by atoms with Crippen molar-refractivity contribution in [3.05, 3.63) is 182 Å². The molecule has 0 aliphatic heterocycles. The predicted molar refractivity (Wildman–Crippen MR) is 198 cm³/mol. The lowest BCUT2D eigenvalue weighted by Gasteiger charge is -2.19. The van der Waals surface area contributed by atoms with Gasteiger partial charge in [0.05, 0.1) is 0 Å². The van der Waals surface area contributed by atoms with Crippen LogP contribution in [0.5, 0.6) is 0 Å². The molecule has 0 unspecified atom stereocenters. The van der Waals surface area contributed by atoms with Crippen LogP contribution in [0.15, 0.2) is 182 Å². The highest BCUT2D eigenvalue weighted by Crippen LogP contribution is 2.64. The first-order valence-electron chi connectivity index (χ1n) is 13.1. The second-order valence-electron chi connectivity index (χ2n) is 9.19. The summed E-state index contributed by atoms with van der Waals surface area (Å²) in [6.45, 7) is 0. The van der Waals surface area contributed by atoms with Crippen LogP contribution in [-0.2, 0) is 0 Å². The Morgan fingerprint density at radius 1 is 0.225 bits per heavy atom. The zero-order valence-electron chi connectivity index (χ0n) is 22.0. The lowest BCUT2D eigenvalue weighted by Crippen LogP contribution is -2.26. The van der Waals surface area contributed by atoms with E-state index in [1.54, 1.807) is 0 Å². The topological polar surface area (TPSA) is 0 Å². The highest BCUT2D eigenvalue weighted by Gasteiger charge is 2.44. The number of benzene rings is 6. The third-order valence-corrected chi connectivity index (χ3v) is 22.8. The molecule has 40 heavy (non-hydrogen) atoms. The minimum absolute atomic E-state index is 1.41. The highest BCUT2D eigenvalue weighted by molar-refractivity contribution is 14.2. The SMILES string of the molecule is I[P+](c1ccccc1)(c1ccccc1)c1ccccc1.I[P+](c1ccccc1)(c1ccccc1)c1ccccc1. The summed E-state index contributed by atoms with van der Waals surface area (Å²) in [5, 5.41) is 8.49. The van der Waals surface area contributed by atoms with Crippen LogP contribution in [0.3, 0.4) is 0 Å². The van der Waals surface area contributed by atoms with Crippen molar-refractivity contribution in [2.75, 3.05) is 0 Å². The van der Waals surface area contributed by atoms with E-state index in [0.717, 1.165) is 0 Å². The van der Waals surface area contributed by atoms with Crippen LogP contribution in [0.2, 0.25) is 0 Å². The summed E-state index contributed by atoms with van der Waals surface area (Å²) in [5.41, 5.74) is 0. The molecular formula is C36H30I2P2+2. The quantitative estimate of drug-likeness (QED) is 0.117. The van der Waals surface area contributed by atoms with Gasteiger partial charge < -0.3 is 0 Å². The van der Waals surface area contributed by atoms with E-state index in [-0.39, 0.29) is 0 Å². The van der Waals surface area contributed by atoms with Crippen molar-refractivity contribution in [3.8, 4) is 0 Å². The molecule has 0 saturated heterocycles. The Morgan fingerprint density at radius 3 is 0.475 bits per heavy atom. The van der Waals surface area contributed by atoms with Crippen LogP contribution >= 0.6 is 53.9 Å². The third-order valence-electron chi connectivity index (χ3n) is 6.67. The third kappa shape index (κ3) is 6.42. The van der Waals surface area contributed by atoms with E-state index in [4.69, 9.17) is 0 Å². The van der Waals surface area contributed by atoms with Gasteiger partial charge in [-0.25, -0.2) is 0 Å². The zero-order valence-corrected chi connectivity index (χ0v) is 28.1. The molecule has 0 aromatic heterocycles. The molecule has 0 saturated carbocycles. The predicted octanol–water partition coefficient (Wildman–Crippen LogP) is 8.66. The van der Waals surface area contributed by atoms with Crippen LogP contribution in [0.25, 0.3) is 0 Å². The van der Waals surface area contributed by atoms with E-state index < -0.39 is 9.81 Å². The van der Waals surface area contributed by atoms with Gasteiger partial charge in [0.1, 0.15) is 31.8 Å². The molecule has 0 spiro atoms. The van der Waals surface area contributed by atoms with Crippen molar-refractivity contribution >= 4 is 85.7 Å². The van der Waals surface area contributed by atoms with Crippen LogP contribution < -0.4 is 31.8 Å². The Hall–Kier alpha value is -2.36. The summed E-state index contributed by atoms with van der Waals surface area (Å²) < 4.78 is 0. The zero-order chi connectivity index (χ0) is 27.7. The lowest BCUT2D eigenvalue weighted by molar-refractivity contribution is 1.73. The molecule has 6 rings (SSSR count). The molecule has 0 aliphatic rings. The van der Waals surface area contributed by atoms with Crippen LogP contribution in [0.1, 0.15) is 0 Å². The Bertz CT molecular complexity index is 1260. The molecule has 0 radical (unpaired) electrons. The summed E-state index contributed by atoms with van der Waals surface area (Å²) in [5.74, 6) is 0. The van der Waals surface area contributed by atoms with Gasteiger partial charge in [-0.2, -0.15) is 0 Å². The first kappa shape index (κ1) is 29.1. The van der Waals surface area contributed by atoms with Gasteiger partial charge in [-0.1, -0.05) is 109 Å². The van der Waals surface area contributed by atoms with Gasteiger partial charge in [-0.3, -0.25) is 0 Å². The second kappa shape index (κ2) is 14.0. The molecule has 0 amide bonds. The van der Waals surface area contributed by atoms with Gasteiger partial charge in [0.15, 0.2) is 53.9 Å². The first-order chi connectivity index (χ1) is 19.6. The van der Waals surface area contributed by atoms with E-state index in [9.17, 15) is 0 Å². The van der Waals surface area contributed by atoms with E-state index in [0.29, 0.717) is 0 Å². The molecule has 0 fully saturated rings. The van der Waals surface area contributed by atoms with Crippen LogP contribution in [-0.4, -0.2) is 0 Å². The number of halogens is 2. The standard InChI is InChI=1S/2C18H15IP/c2*19-20(16-10-4-1-5-11-16,17-12-6-2-7-13-17)18-14-8-3-9-15-18/h2*1-15H/q2*+1. The summed E-state index contributed by atoms with van der Waals surface area (Å²) in [4.78, 5) is -3.11. The Labute approximate surface area is 265 Å². The number of hydrogen-bond donors (Lipinski definition) is 0. The van der Waals surface area contributed by atoms with Crippen molar-refractivity contribution < 1.29 is 0 Å². The van der Waals surface area contributed by atoms with E-state index in [2.05, 4.69) is 226 Å². The summed E-state index contributed by atoms with van der Waals surface area (Å²) in [6.07, 6.45) is 0. The van der Waals surface area contributed by atoms with Gasteiger partial charge in [0.2, 0.25) is 0 Å². The number of rotatable bonds is 6. The van der Waals surface area contributed by atoms with Crippen molar-refractivity contribution in [2.45, 2.75) is 0 Å². The summed E-state index contributed by atoms with van der Waals surface area (Å²) in [7, 11) is 0. The maximum atomic E-state index is 2.68. The Balaban J connectivity index is 0.000000161.